The lowest BCUT2D eigenvalue weighted by Crippen LogP contribution is -2.32. The van der Waals surface area contributed by atoms with Gasteiger partial charge in [-0.1, -0.05) is 12.1 Å². The number of benzene rings is 1. The Morgan fingerprint density at radius 3 is 2.54 bits per heavy atom. The number of hydrogen-bond acceptors (Lipinski definition) is 3. The number of imidazole rings is 1. The van der Waals surface area contributed by atoms with E-state index in [4.69, 9.17) is 0 Å². The summed E-state index contributed by atoms with van der Waals surface area (Å²) in [4.78, 5) is 16.2. The summed E-state index contributed by atoms with van der Waals surface area (Å²) in [6, 6.07) is 5.87. The second-order valence-electron chi connectivity index (χ2n) is 6.70. The summed E-state index contributed by atoms with van der Waals surface area (Å²) in [6.07, 6.45) is -4.65. The Kier molecular flexibility index (Phi) is 5.18. The van der Waals surface area contributed by atoms with Crippen molar-refractivity contribution in [3.63, 3.8) is 0 Å². The second kappa shape index (κ2) is 7.29. The predicted molar refractivity (Wildman–Crippen MR) is 98.7 cm³/mol. The summed E-state index contributed by atoms with van der Waals surface area (Å²) < 4.78 is 42.9. The second-order valence-corrected chi connectivity index (χ2v) is 6.70. The lowest BCUT2D eigenvalue weighted by molar-refractivity contribution is -0.147. The number of carbonyl (C=O) groups excluding carboxylic acids is 1. The number of hydrogen-bond donors (Lipinski definition) is 1. The van der Waals surface area contributed by atoms with Crippen molar-refractivity contribution in [2.75, 3.05) is 0 Å². The molecule has 0 bridgehead atoms. The van der Waals surface area contributed by atoms with E-state index in [-0.39, 0.29) is 17.1 Å². The van der Waals surface area contributed by atoms with Crippen molar-refractivity contribution in [1.82, 2.24) is 24.6 Å². The van der Waals surface area contributed by atoms with E-state index in [9.17, 15) is 18.0 Å². The first kappa shape index (κ1) is 19.9. The van der Waals surface area contributed by atoms with Crippen LogP contribution in [0.5, 0.6) is 0 Å². The topological polar surface area (TPSA) is 64.7 Å². The van der Waals surface area contributed by atoms with Crippen LogP contribution in [0.25, 0.3) is 11.0 Å². The lowest BCUT2D eigenvalue weighted by Gasteiger charge is -2.17. The lowest BCUT2D eigenvalue weighted by atomic mass is 10.1. The van der Waals surface area contributed by atoms with E-state index in [1.54, 1.807) is 19.1 Å². The molecule has 3 aromatic rings. The number of carbonyl (C=O) groups is 1. The van der Waals surface area contributed by atoms with E-state index in [0.29, 0.717) is 6.54 Å². The van der Waals surface area contributed by atoms with Gasteiger partial charge in [-0.15, -0.1) is 0 Å². The largest absolute Gasteiger partial charge is 0.449 e. The molecule has 6 nitrogen and oxygen atoms in total. The molecule has 0 aliphatic heterocycles. The van der Waals surface area contributed by atoms with Gasteiger partial charge < -0.3 is 9.88 Å². The van der Waals surface area contributed by atoms with E-state index >= 15 is 0 Å². The maximum Gasteiger partial charge on any atom is 0.449 e. The number of aryl methyl sites for hydroxylation is 2. The van der Waals surface area contributed by atoms with Crippen LogP contribution < -0.4 is 5.32 Å². The minimum absolute atomic E-state index is 0.201. The highest BCUT2D eigenvalue weighted by Crippen LogP contribution is 2.31. The Morgan fingerprint density at radius 1 is 1.25 bits per heavy atom. The van der Waals surface area contributed by atoms with Gasteiger partial charge in [-0.25, -0.2) is 4.98 Å². The van der Waals surface area contributed by atoms with Crippen molar-refractivity contribution in [2.45, 2.75) is 53.0 Å². The molecule has 1 atom stereocenters. The van der Waals surface area contributed by atoms with Crippen LogP contribution in [0, 0.1) is 13.8 Å². The number of amides is 1. The number of alkyl halides is 3. The Bertz CT molecular complexity index is 1020. The highest BCUT2D eigenvalue weighted by molar-refractivity contribution is 5.81. The first-order valence-electron chi connectivity index (χ1n) is 8.99. The van der Waals surface area contributed by atoms with Crippen molar-refractivity contribution in [2.24, 2.45) is 0 Å². The molecule has 0 saturated heterocycles. The van der Waals surface area contributed by atoms with E-state index in [1.807, 2.05) is 25.5 Å². The quantitative estimate of drug-likeness (QED) is 0.718. The highest BCUT2D eigenvalue weighted by Gasteiger charge is 2.38. The van der Waals surface area contributed by atoms with Crippen molar-refractivity contribution >= 4 is 16.9 Å². The third kappa shape index (κ3) is 3.61. The third-order valence-corrected chi connectivity index (χ3v) is 4.76. The van der Waals surface area contributed by atoms with Crippen LogP contribution in [-0.4, -0.2) is 25.2 Å². The van der Waals surface area contributed by atoms with Crippen LogP contribution in [0.2, 0.25) is 0 Å². The minimum Gasteiger partial charge on any atom is -0.348 e. The van der Waals surface area contributed by atoms with Gasteiger partial charge in [-0.05, 0) is 39.8 Å². The van der Waals surface area contributed by atoms with Crippen molar-refractivity contribution in [3.05, 3.63) is 47.0 Å². The fourth-order valence-corrected chi connectivity index (χ4v) is 3.60. The molecule has 150 valence electrons. The average molecular weight is 393 g/mol. The van der Waals surface area contributed by atoms with Crippen molar-refractivity contribution in [3.8, 4) is 0 Å². The zero-order valence-corrected chi connectivity index (χ0v) is 16.1. The molecule has 28 heavy (non-hydrogen) atoms. The maximum atomic E-state index is 13.4. The number of para-hydroxylation sites is 2. The van der Waals surface area contributed by atoms with Gasteiger partial charge in [0.05, 0.1) is 22.8 Å². The molecule has 0 saturated carbocycles. The first-order chi connectivity index (χ1) is 13.1. The molecule has 0 aliphatic carbocycles. The molecule has 1 amide bonds. The van der Waals surface area contributed by atoms with E-state index in [1.165, 1.54) is 12.1 Å². The standard InChI is InChI=1S/C19H22F3N5O/c1-5-27-13(4)17(12(3)25-27)11(2)23-16(28)10-26-15-9-7-6-8-14(15)24-18(26)19(20,21)22/h6-9,11H,5,10H2,1-4H3,(H,23,28)/t11-/m1/s1. The number of nitrogens with zero attached hydrogens (tertiary/aromatic N) is 4. The molecule has 9 heteroatoms. The normalized spacial score (nSPS) is 13.1. The molecule has 2 aromatic heterocycles. The Hall–Kier alpha value is -2.84. The van der Waals surface area contributed by atoms with Gasteiger partial charge >= 0.3 is 6.18 Å². The molecule has 0 fully saturated rings. The van der Waals surface area contributed by atoms with Crippen LogP contribution >= 0.6 is 0 Å². The van der Waals surface area contributed by atoms with Gasteiger partial charge in [0.25, 0.3) is 0 Å². The third-order valence-electron chi connectivity index (χ3n) is 4.76. The van der Waals surface area contributed by atoms with E-state index in [2.05, 4.69) is 15.4 Å². The SMILES string of the molecule is CCn1nc(C)c([C@@H](C)NC(=O)Cn2c(C(F)(F)F)nc3ccccc32)c1C. The summed E-state index contributed by atoms with van der Waals surface area (Å²) in [7, 11) is 0. The maximum absolute atomic E-state index is 13.4. The smallest absolute Gasteiger partial charge is 0.348 e. The molecule has 0 unspecified atom stereocenters. The van der Waals surface area contributed by atoms with Crippen LogP contribution in [0.15, 0.2) is 24.3 Å². The summed E-state index contributed by atoms with van der Waals surface area (Å²) in [5, 5.41) is 7.21. The number of aromatic nitrogens is 4. The fourth-order valence-electron chi connectivity index (χ4n) is 3.60. The molecule has 1 aromatic carbocycles. The average Bonchev–Trinajstić information content (AvgIpc) is 3.12. The summed E-state index contributed by atoms with van der Waals surface area (Å²) in [5.41, 5.74) is 3.06. The van der Waals surface area contributed by atoms with E-state index in [0.717, 1.165) is 21.5 Å². The fraction of sp³-hybridized carbons (Fsp3) is 0.421. The Labute approximate surface area is 160 Å². The van der Waals surface area contributed by atoms with Gasteiger partial charge in [0.1, 0.15) is 6.54 Å². The molecule has 1 N–H and O–H groups in total. The highest BCUT2D eigenvalue weighted by atomic mass is 19.4. The molecule has 3 rings (SSSR count). The van der Waals surface area contributed by atoms with Gasteiger partial charge in [-0.3, -0.25) is 9.48 Å². The molecule has 0 spiro atoms. The molecule has 2 heterocycles. The summed E-state index contributed by atoms with van der Waals surface area (Å²) >= 11 is 0. The summed E-state index contributed by atoms with van der Waals surface area (Å²) in [5.74, 6) is -1.60. The Balaban J connectivity index is 1.87. The van der Waals surface area contributed by atoms with Crippen LogP contribution in [0.3, 0.4) is 0 Å². The van der Waals surface area contributed by atoms with Crippen LogP contribution in [-0.2, 0) is 24.1 Å². The number of fused-ring (bicyclic) bond motifs is 1. The van der Waals surface area contributed by atoms with Gasteiger partial charge in [0.15, 0.2) is 0 Å². The molecule has 0 radical (unpaired) electrons. The van der Waals surface area contributed by atoms with Gasteiger partial charge in [0, 0.05) is 17.8 Å². The monoisotopic (exact) mass is 393 g/mol. The predicted octanol–water partition coefficient (Wildman–Crippen LogP) is 3.77. The molecular formula is C19H22F3N5O. The molecular weight excluding hydrogens is 371 g/mol. The zero-order chi connectivity index (χ0) is 20.6. The molecule has 0 aliphatic rings. The Morgan fingerprint density at radius 2 is 1.93 bits per heavy atom. The number of rotatable bonds is 5. The van der Waals surface area contributed by atoms with Gasteiger partial charge in [-0.2, -0.15) is 18.3 Å². The number of halogens is 3. The number of nitrogens with one attached hydrogen (secondary N) is 1. The van der Waals surface area contributed by atoms with Crippen molar-refractivity contribution < 1.29 is 18.0 Å². The van der Waals surface area contributed by atoms with Gasteiger partial charge in [0.2, 0.25) is 11.7 Å². The minimum atomic E-state index is -4.65. The summed E-state index contributed by atoms with van der Waals surface area (Å²) in [6.45, 7) is 7.75. The van der Waals surface area contributed by atoms with E-state index < -0.39 is 24.5 Å². The first-order valence-corrected chi connectivity index (χ1v) is 8.99. The van der Waals surface area contributed by atoms with Crippen LogP contribution in [0.4, 0.5) is 13.2 Å². The zero-order valence-electron chi connectivity index (χ0n) is 16.1. The van der Waals surface area contributed by atoms with Crippen molar-refractivity contribution in [1.29, 1.82) is 0 Å². The van der Waals surface area contributed by atoms with Crippen LogP contribution in [0.1, 0.15) is 42.7 Å².